The zero-order chi connectivity index (χ0) is 10.1. The van der Waals surface area contributed by atoms with Crippen LogP contribution >= 0.6 is 0 Å². The van der Waals surface area contributed by atoms with E-state index in [9.17, 15) is 9.59 Å². The molecule has 0 amide bonds. The van der Waals surface area contributed by atoms with Crippen LogP contribution in [0, 0.1) is 0 Å². The first-order valence-electron chi connectivity index (χ1n) is 3.88. The van der Waals surface area contributed by atoms with E-state index < -0.39 is 0 Å². The molecule has 6 nitrogen and oxygen atoms in total. The Hall–Kier alpha value is -2.11. The van der Waals surface area contributed by atoms with Crippen molar-refractivity contribution in [1.29, 1.82) is 0 Å². The van der Waals surface area contributed by atoms with E-state index in [4.69, 9.17) is 4.74 Å². The summed E-state index contributed by atoms with van der Waals surface area (Å²) in [6, 6.07) is 2.76. The number of hydrogen-bond donors (Lipinski definition) is 2. The predicted octanol–water partition coefficient (Wildman–Crippen LogP) is -0.380. The summed E-state index contributed by atoms with van der Waals surface area (Å²) in [4.78, 5) is 31.0. The van der Waals surface area contributed by atoms with Crippen molar-refractivity contribution in [2.24, 2.45) is 0 Å². The van der Waals surface area contributed by atoms with Gasteiger partial charge in [-0.25, -0.2) is 0 Å². The van der Waals surface area contributed by atoms with Crippen molar-refractivity contribution in [3.8, 4) is 6.01 Å². The van der Waals surface area contributed by atoms with Crippen molar-refractivity contribution in [2.45, 2.75) is 0 Å². The van der Waals surface area contributed by atoms with E-state index >= 15 is 0 Å². The summed E-state index contributed by atoms with van der Waals surface area (Å²) in [6.07, 6.45) is 0. The number of hydrogen-bond acceptors (Lipinski definition) is 4. The molecule has 0 aliphatic rings. The van der Waals surface area contributed by atoms with Crippen molar-refractivity contribution in [1.82, 2.24) is 15.0 Å². The van der Waals surface area contributed by atoms with Gasteiger partial charge in [0.1, 0.15) is 0 Å². The van der Waals surface area contributed by atoms with Crippen LogP contribution in [0.5, 0.6) is 6.01 Å². The summed E-state index contributed by atoms with van der Waals surface area (Å²) in [5.41, 5.74) is -0.432. The van der Waals surface area contributed by atoms with E-state index in [2.05, 4.69) is 15.0 Å². The predicted molar refractivity (Wildman–Crippen MR) is 49.5 cm³/mol. The lowest BCUT2D eigenvalue weighted by molar-refractivity contribution is 0.380. The fourth-order valence-electron chi connectivity index (χ4n) is 1.13. The number of nitrogens with one attached hydrogen (secondary N) is 2. The minimum absolute atomic E-state index is 0.0735. The Kier molecular flexibility index (Phi) is 1.81. The number of ether oxygens (including phenoxy) is 1. The number of rotatable bonds is 1. The molecular formula is C8H7N3O3. The lowest BCUT2D eigenvalue weighted by atomic mass is 10.3. The molecule has 2 rings (SSSR count). The minimum atomic E-state index is -0.344. The number of pyridine rings is 1. The third kappa shape index (κ3) is 1.26. The highest BCUT2D eigenvalue weighted by Crippen LogP contribution is 2.03. The molecule has 0 saturated carbocycles. The van der Waals surface area contributed by atoms with Crippen LogP contribution in [-0.4, -0.2) is 22.1 Å². The Bertz CT molecular complexity index is 584. The van der Waals surface area contributed by atoms with Crippen molar-refractivity contribution in [3.05, 3.63) is 32.8 Å². The first kappa shape index (κ1) is 8.49. The Labute approximate surface area is 77.6 Å². The van der Waals surface area contributed by atoms with Crippen molar-refractivity contribution >= 4 is 11.0 Å². The van der Waals surface area contributed by atoms with E-state index in [0.717, 1.165) is 0 Å². The average molecular weight is 193 g/mol. The maximum absolute atomic E-state index is 11.4. The van der Waals surface area contributed by atoms with Gasteiger partial charge < -0.3 is 9.72 Å². The average Bonchev–Trinajstić information content (AvgIpc) is 2.16. The quantitative estimate of drug-likeness (QED) is 0.646. The molecule has 72 valence electrons. The van der Waals surface area contributed by atoms with Crippen LogP contribution in [0.2, 0.25) is 0 Å². The zero-order valence-electron chi connectivity index (χ0n) is 7.33. The molecule has 0 fully saturated rings. The highest BCUT2D eigenvalue weighted by Gasteiger charge is 2.03. The molecular weight excluding hydrogens is 186 g/mol. The van der Waals surface area contributed by atoms with E-state index in [1.165, 1.54) is 19.2 Å². The Morgan fingerprint density at radius 2 is 2.07 bits per heavy atom. The van der Waals surface area contributed by atoms with Gasteiger partial charge in [0.25, 0.3) is 11.6 Å². The van der Waals surface area contributed by atoms with Gasteiger partial charge in [-0.1, -0.05) is 0 Å². The van der Waals surface area contributed by atoms with Gasteiger partial charge in [-0.3, -0.25) is 14.6 Å². The smallest absolute Gasteiger partial charge is 0.298 e. The second-order valence-corrected chi connectivity index (χ2v) is 2.66. The molecule has 0 spiro atoms. The first-order valence-corrected chi connectivity index (χ1v) is 3.88. The molecule has 0 aromatic carbocycles. The summed E-state index contributed by atoms with van der Waals surface area (Å²) in [5.74, 6) is 0. The van der Waals surface area contributed by atoms with Gasteiger partial charge in [0.15, 0.2) is 5.65 Å². The summed E-state index contributed by atoms with van der Waals surface area (Å²) >= 11 is 0. The van der Waals surface area contributed by atoms with Crippen LogP contribution < -0.4 is 15.9 Å². The molecule has 14 heavy (non-hydrogen) atoms. The monoisotopic (exact) mass is 193 g/mol. The van der Waals surface area contributed by atoms with Crippen LogP contribution in [0.3, 0.4) is 0 Å². The molecule has 0 radical (unpaired) electrons. The van der Waals surface area contributed by atoms with Gasteiger partial charge in [-0.05, 0) is 6.07 Å². The fourth-order valence-corrected chi connectivity index (χ4v) is 1.13. The summed E-state index contributed by atoms with van der Waals surface area (Å²) < 4.78 is 4.75. The lowest BCUT2D eigenvalue weighted by Gasteiger charge is -1.99. The summed E-state index contributed by atoms with van der Waals surface area (Å²) in [6.45, 7) is 0. The Morgan fingerprint density at radius 3 is 2.79 bits per heavy atom. The van der Waals surface area contributed by atoms with E-state index in [-0.39, 0.29) is 22.8 Å². The maximum atomic E-state index is 11.4. The van der Waals surface area contributed by atoms with Crippen LogP contribution in [-0.2, 0) is 0 Å². The number of H-pyrrole nitrogens is 2. The Morgan fingerprint density at radius 1 is 1.29 bits per heavy atom. The lowest BCUT2D eigenvalue weighted by Crippen LogP contribution is -2.14. The molecule has 0 atom stereocenters. The van der Waals surface area contributed by atoms with Gasteiger partial charge >= 0.3 is 0 Å². The van der Waals surface area contributed by atoms with E-state index in [0.29, 0.717) is 5.39 Å². The topological polar surface area (TPSA) is 87.8 Å². The number of fused-ring (bicyclic) bond motifs is 1. The molecule has 2 aromatic rings. The van der Waals surface area contributed by atoms with Crippen molar-refractivity contribution in [2.75, 3.05) is 7.11 Å². The molecule has 0 aliphatic carbocycles. The Balaban J connectivity index is 2.90. The number of aromatic nitrogens is 3. The van der Waals surface area contributed by atoms with Gasteiger partial charge in [0, 0.05) is 6.07 Å². The highest BCUT2D eigenvalue weighted by molar-refractivity contribution is 5.72. The third-order valence-electron chi connectivity index (χ3n) is 1.77. The van der Waals surface area contributed by atoms with Gasteiger partial charge in [-0.2, -0.15) is 4.98 Å². The molecule has 2 N–H and O–H groups in total. The van der Waals surface area contributed by atoms with Gasteiger partial charge in [0.05, 0.1) is 12.5 Å². The number of nitrogens with zero attached hydrogens (tertiary/aromatic N) is 1. The number of aromatic amines is 2. The molecule has 2 aromatic heterocycles. The molecule has 0 unspecified atom stereocenters. The van der Waals surface area contributed by atoms with Crippen LogP contribution in [0.15, 0.2) is 21.7 Å². The molecule has 6 heteroatoms. The van der Waals surface area contributed by atoms with E-state index in [1.807, 2.05) is 0 Å². The van der Waals surface area contributed by atoms with Crippen molar-refractivity contribution in [3.63, 3.8) is 0 Å². The second-order valence-electron chi connectivity index (χ2n) is 2.66. The highest BCUT2D eigenvalue weighted by atomic mass is 16.5. The van der Waals surface area contributed by atoms with Crippen LogP contribution in [0.25, 0.3) is 11.0 Å². The van der Waals surface area contributed by atoms with Gasteiger partial charge in [-0.15, -0.1) is 0 Å². The third-order valence-corrected chi connectivity index (χ3v) is 1.77. The van der Waals surface area contributed by atoms with E-state index in [1.54, 1.807) is 0 Å². The summed E-state index contributed by atoms with van der Waals surface area (Å²) in [7, 11) is 1.38. The SMILES string of the molecule is COc1nc2[nH]c(=O)ccc2c(=O)[nH]1. The van der Waals surface area contributed by atoms with Gasteiger partial charge in [0.2, 0.25) is 5.56 Å². The normalized spacial score (nSPS) is 10.4. The zero-order valence-corrected chi connectivity index (χ0v) is 7.33. The summed E-state index contributed by atoms with van der Waals surface area (Å²) in [5, 5.41) is 0.324. The molecule has 0 saturated heterocycles. The largest absolute Gasteiger partial charge is 0.468 e. The van der Waals surface area contributed by atoms with Crippen LogP contribution in [0.4, 0.5) is 0 Å². The number of methoxy groups -OCH3 is 1. The van der Waals surface area contributed by atoms with Crippen LogP contribution in [0.1, 0.15) is 0 Å². The minimum Gasteiger partial charge on any atom is -0.468 e. The molecule has 0 aliphatic heterocycles. The fraction of sp³-hybridized carbons (Fsp3) is 0.125. The standard InChI is InChI=1S/C8H7N3O3/c1-14-8-10-6-4(7(13)11-8)2-3-5(12)9-6/h2-3H,1H3,(H2,9,10,11,12,13). The molecule has 2 heterocycles. The van der Waals surface area contributed by atoms with Crippen molar-refractivity contribution < 1.29 is 4.74 Å². The second kappa shape index (κ2) is 2.99. The first-order chi connectivity index (χ1) is 6.70. The molecule has 0 bridgehead atoms. The maximum Gasteiger partial charge on any atom is 0.298 e.